The fraction of sp³-hybridized carbons (Fsp3) is 0.556. The third-order valence-electron chi connectivity index (χ3n) is 5.02. The number of rotatable bonds is 5. The first-order chi connectivity index (χ1) is 11.7. The number of hydrogen-bond acceptors (Lipinski definition) is 5. The maximum atomic E-state index is 12.1. The Morgan fingerprint density at radius 3 is 2.68 bits per heavy atom. The van der Waals surface area contributed by atoms with E-state index < -0.39 is 16.1 Å². The van der Waals surface area contributed by atoms with Crippen molar-refractivity contribution in [3.63, 3.8) is 0 Å². The van der Waals surface area contributed by atoms with Crippen LogP contribution >= 0.6 is 0 Å². The van der Waals surface area contributed by atoms with Crippen molar-refractivity contribution in [1.82, 2.24) is 9.21 Å². The van der Waals surface area contributed by atoms with Crippen LogP contribution in [0.25, 0.3) is 11.0 Å². The van der Waals surface area contributed by atoms with Crippen molar-refractivity contribution < 1.29 is 17.9 Å². The summed E-state index contributed by atoms with van der Waals surface area (Å²) in [6.07, 6.45) is -0.637. The maximum absolute atomic E-state index is 12.1. The first kappa shape index (κ1) is 18.4. The Bertz CT molecular complexity index is 873. The molecule has 2 aromatic rings. The van der Waals surface area contributed by atoms with Crippen molar-refractivity contribution in [2.24, 2.45) is 5.92 Å². The van der Waals surface area contributed by atoms with Crippen LogP contribution < -0.4 is 0 Å². The van der Waals surface area contributed by atoms with E-state index in [9.17, 15) is 13.5 Å². The summed E-state index contributed by atoms with van der Waals surface area (Å²) >= 11 is 0. The zero-order chi connectivity index (χ0) is 18.4. The minimum Gasteiger partial charge on any atom is -0.459 e. The smallest absolute Gasteiger partial charge is 0.214 e. The van der Waals surface area contributed by atoms with Gasteiger partial charge in [-0.2, -0.15) is 0 Å². The topological polar surface area (TPSA) is 74.0 Å². The van der Waals surface area contributed by atoms with E-state index in [0.717, 1.165) is 22.3 Å². The van der Waals surface area contributed by atoms with Gasteiger partial charge in [0.25, 0.3) is 0 Å². The second-order valence-corrected chi connectivity index (χ2v) is 9.46. The molecule has 2 heterocycles. The summed E-state index contributed by atoms with van der Waals surface area (Å²) in [6, 6.07) is 6.12. The zero-order valence-corrected chi connectivity index (χ0v) is 16.0. The standard InChI is InChI=1S/C18H26N2O4S/c1-12-5-6-17-15(7-12)13(2)18(24-17)10-20-8-14(16(21)9-20)11-25(22,23)19(3)4/h5-7,14,16,21H,8-11H2,1-4H3/t14-,16-/m0/s1. The number of β-amino-alcohol motifs (C(OH)–C–C–N with tert-alkyl or cyclic N) is 1. The number of benzene rings is 1. The molecule has 3 rings (SSSR count). The minimum atomic E-state index is -3.32. The number of fused-ring (bicyclic) bond motifs is 1. The molecule has 0 aliphatic carbocycles. The molecule has 1 aliphatic heterocycles. The van der Waals surface area contributed by atoms with Gasteiger partial charge in [-0.1, -0.05) is 11.6 Å². The van der Waals surface area contributed by atoms with Gasteiger partial charge in [0.1, 0.15) is 11.3 Å². The molecular weight excluding hydrogens is 340 g/mol. The number of sulfonamides is 1. The third kappa shape index (κ3) is 3.74. The Morgan fingerprint density at radius 1 is 1.28 bits per heavy atom. The number of aliphatic hydroxyl groups is 1. The lowest BCUT2D eigenvalue weighted by Gasteiger charge is -2.17. The number of aryl methyl sites for hydroxylation is 2. The quantitative estimate of drug-likeness (QED) is 0.872. The molecule has 1 fully saturated rings. The highest BCUT2D eigenvalue weighted by Crippen LogP contribution is 2.29. The fourth-order valence-electron chi connectivity index (χ4n) is 3.39. The van der Waals surface area contributed by atoms with Gasteiger partial charge in [0.2, 0.25) is 10.0 Å². The summed E-state index contributed by atoms with van der Waals surface area (Å²) in [5.74, 6) is 0.568. The lowest BCUT2D eigenvalue weighted by molar-refractivity contribution is 0.147. The van der Waals surface area contributed by atoms with Gasteiger partial charge in [0.05, 0.1) is 18.4 Å². The highest BCUT2D eigenvalue weighted by Gasteiger charge is 2.35. The molecule has 0 bridgehead atoms. The van der Waals surface area contributed by atoms with Crippen LogP contribution in [-0.4, -0.2) is 61.8 Å². The summed E-state index contributed by atoms with van der Waals surface area (Å²) in [6.45, 7) is 5.68. The van der Waals surface area contributed by atoms with Crippen molar-refractivity contribution in [2.75, 3.05) is 32.9 Å². The van der Waals surface area contributed by atoms with Crippen molar-refractivity contribution in [1.29, 1.82) is 0 Å². The molecule has 7 heteroatoms. The highest BCUT2D eigenvalue weighted by atomic mass is 32.2. The van der Waals surface area contributed by atoms with Crippen molar-refractivity contribution in [3.05, 3.63) is 35.1 Å². The van der Waals surface area contributed by atoms with E-state index in [1.807, 2.05) is 19.1 Å². The van der Waals surface area contributed by atoms with Crippen LogP contribution in [-0.2, 0) is 16.6 Å². The molecule has 0 amide bonds. The van der Waals surface area contributed by atoms with Crippen LogP contribution in [0.3, 0.4) is 0 Å². The van der Waals surface area contributed by atoms with E-state index in [1.54, 1.807) is 0 Å². The van der Waals surface area contributed by atoms with Crippen LogP contribution in [0.5, 0.6) is 0 Å². The Morgan fingerprint density at radius 2 is 2.00 bits per heavy atom. The Labute approximate surface area is 149 Å². The van der Waals surface area contributed by atoms with Gasteiger partial charge in [-0.05, 0) is 31.5 Å². The normalized spacial score (nSPS) is 22.3. The Kier molecular flexibility index (Phi) is 4.94. The summed E-state index contributed by atoms with van der Waals surface area (Å²) < 4.78 is 31.3. The zero-order valence-electron chi connectivity index (χ0n) is 15.2. The molecule has 0 unspecified atom stereocenters. The number of likely N-dealkylation sites (tertiary alicyclic amines) is 1. The van der Waals surface area contributed by atoms with Gasteiger partial charge in [-0.3, -0.25) is 4.90 Å². The first-order valence-corrected chi connectivity index (χ1v) is 10.1. The van der Waals surface area contributed by atoms with Crippen LogP contribution in [0.15, 0.2) is 22.6 Å². The summed E-state index contributed by atoms with van der Waals surface area (Å²) in [5.41, 5.74) is 3.16. The molecule has 25 heavy (non-hydrogen) atoms. The lowest BCUT2D eigenvalue weighted by atomic mass is 10.1. The predicted molar refractivity (Wildman–Crippen MR) is 97.9 cm³/mol. The fourth-order valence-corrected chi connectivity index (χ4v) is 4.56. The number of hydrogen-bond donors (Lipinski definition) is 1. The molecule has 2 atom stereocenters. The van der Waals surface area contributed by atoms with Crippen molar-refractivity contribution in [2.45, 2.75) is 26.5 Å². The van der Waals surface area contributed by atoms with E-state index in [0.29, 0.717) is 19.6 Å². The molecule has 1 saturated heterocycles. The van der Waals surface area contributed by atoms with E-state index in [-0.39, 0.29) is 11.7 Å². The molecule has 1 aromatic carbocycles. The summed E-state index contributed by atoms with van der Waals surface area (Å²) in [5, 5.41) is 11.4. The van der Waals surface area contributed by atoms with Gasteiger partial charge < -0.3 is 9.52 Å². The highest BCUT2D eigenvalue weighted by molar-refractivity contribution is 7.89. The van der Waals surface area contributed by atoms with Gasteiger partial charge in [0, 0.05) is 38.5 Å². The molecule has 6 nitrogen and oxygen atoms in total. The maximum Gasteiger partial charge on any atom is 0.214 e. The van der Waals surface area contributed by atoms with Crippen molar-refractivity contribution >= 4 is 21.0 Å². The van der Waals surface area contributed by atoms with Crippen LogP contribution in [0.1, 0.15) is 16.9 Å². The first-order valence-electron chi connectivity index (χ1n) is 8.46. The van der Waals surface area contributed by atoms with Gasteiger partial charge in [-0.25, -0.2) is 12.7 Å². The SMILES string of the molecule is Cc1ccc2oc(CN3C[C@@H](CS(=O)(=O)N(C)C)[C@@H](O)C3)c(C)c2c1. The number of furan rings is 1. The van der Waals surface area contributed by atoms with E-state index >= 15 is 0 Å². The monoisotopic (exact) mass is 366 g/mol. The van der Waals surface area contributed by atoms with Crippen LogP contribution in [0.4, 0.5) is 0 Å². The average Bonchev–Trinajstić information content (AvgIpc) is 3.00. The number of aliphatic hydroxyl groups excluding tert-OH is 1. The lowest BCUT2D eigenvalue weighted by Crippen LogP contribution is -2.33. The van der Waals surface area contributed by atoms with Crippen LogP contribution in [0.2, 0.25) is 0 Å². The van der Waals surface area contributed by atoms with Crippen LogP contribution in [0, 0.1) is 19.8 Å². The molecule has 0 radical (unpaired) electrons. The molecule has 1 N–H and O–H groups in total. The van der Waals surface area contributed by atoms with E-state index in [2.05, 4.69) is 17.9 Å². The molecule has 0 saturated carbocycles. The predicted octanol–water partition coefficient (Wildman–Crippen LogP) is 1.73. The minimum absolute atomic E-state index is 0.0318. The molecule has 1 aliphatic rings. The largest absolute Gasteiger partial charge is 0.459 e. The second kappa shape index (κ2) is 6.72. The van der Waals surface area contributed by atoms with Crippen molar-refractivity contribution in [3.8, 4) is 0 Å². The van der Waals surface area contributed by atoms with E-state index in [1.165, 1.54) is 24.0 Å². The Balaban J connectivity index is 1.74. The Hall–Kier alpha value is -1.41. The van der Waals surface area contributed by atoms with Gasteiger partial charge >= 0.3 is 0 Å². The van der Waals surface area contributed by atoms with Gasteiger partial charge in [-0.15, -0.1) is 0 Å². The molecule has 0 spiro atoms. The summed E-state index contributed by atoms with van der Waals surface area (Å²) in [7, 11) is -0.277. The van der Waals surface area contributed by atoms with E-state index in [4.69, 9.17) is 4.42 Å². The molecular formula is C18H26N2O4S. The van der Waals surface area contributed by atoms with Gasteiger partial charge in [0.15, 0.2) is 0 Å². The molecule has 1 aromatic heterocycles. The second-order valence-electron chi connectivity index (χ2n) is 7.23. The summed E-state index contributed by atoms with van der Waals surface area (Å²) in [4.78, 5) is 2.07. The average molecular weight is 366 g/mol. The molecule has 138 valence electrons. The number of nitrogens with zero attached hydrogens (tertiary/aromatic N) is 2. The third-order valence-corrected chi connectivity index (χ3v) is 6.98.